The lowest BCUT2D eigenvalue weighted by molar-refractivity contribution is 0.606. The second-order valence-corrected chi connectivity index (χ2v) is 4.24. The molecule has 0 heterocycles. The van der Waals surface area contributed by atoms with Gasteiger partial charge in [0.2, 0.25) is 10.0 Å². The number of rotatable bonds is 2. The smallest absolute Gasteiger partial charge is 0.225 e. The van der Waals surface area contributed by atoms with Gasteiger partial charge in [-0.2, -0.15) is 0 Å². The number of hydrogen-bond acceptors (Lipinski definition) is 2. The monoisotopic (exact) mass is 217 g/mol. The number of hydrogen-bond donors (Lipinski definition) is 1. The van der Waals surface area contributed by atoms with Crippen LogP contribution in [0, 0.1) is 0 Å². The lowest BCUT2D eigenvalue weighted by Crippen LogP contribution is -2.07. The summed E-state index contributed by atoms with van der Waals surface area (Å²) in [5, 5.41) is 5.72. The standard InChI is InChI=1S/C8H8ClNO2S/c9-8(6-13(10,11)12)7-4-2-1-3-5-7/h1-6H,(H2,10,11,12). The van der Waals surface area contributed by atoms with E-state index in [1.165, 1.54) is 0 Å². The van der Waals surface area contributed by atoms with Gasteiger partial charge in [0.05, 0.1) is 10.4 Å². The summed E-state index contributed by atoms with van der Waals surface area (Å²) in [5.41, 5.74) is 0.623. The molecule has 0 fully saturated rings. The van der Waals surface area contributed by atoms with Crippen LogP contribution in [0.5, 0.6) is 0 Å². The first-order chi connectivity index (χ1) is 5.99. The van der Waals surface area contributed by atoms with Crippen LogP contribution < -0.4 is 5.14 Å². The third-order valence-electron chi connectivity index (χ3n) is 1.32. The van der Waals surface area contributed by atoms with Crippen molar-refractivity contribution in [1.82, 2.24) is 0 Å². The summed E-state index contributed by atoms with van der Waals surface area (Å²) in [5.74, 6) is 0. The molecular formula is C8H8ClNO2S. The van der Waals surface area contributed by atoms with Crippen LogP contribution in [0.4, 0.5) is 0 Å². The molecule has 0 aromatic heterocycles. The van der Waals surface area contributed by atoms with Crippen molar-refractivity contribution in [3.63, 3.8) is 0 Å². The molecule has 1 rings (SSSR count). The number of benzene rings is 1. The molecule has 0 aliphatic heterocycles. The fourth-order valence-corrected chi connectivity index (χ4v) is 1.73. The molecule has 0 saturated carbocycles. The molecule has 1 aromatic carbocycles. The van der Waals surface area contributed by atoms with Gasteiger partial charge in [-0.3, -0.25) is 0 Å². The van der Waals surface area contributed by atoms with E-state index in [2.05, 4.69) is 0 Å². The fraction of sp³-hybridized carbons (Fsp3) is 0. The van der Waals surface area contributed by atoms with Gasteiger partial charge in [-0.15, -0.1) is 0 Å². The molecule has 2 N–H and O–H groups in total. The minimum Gasteiger partial charge on any atom is -0.225 e. The number of halogens is 1. The molecule has 0 amide bonds. The number of primary sulfonamides is 1. The molecule has 1 aromatic rings. The van der Waals surface area contributed by atoms with Crippen molar-refractivity contribution in [2.75, 3.05) is 0 Å². The molecule has 5 heteroatoms. The lowest BCUT2D eigenvalue weighted by Gasteiger charge is -1.96. The van der Waals surface area contributed by atoms with Crippen LogP contribution in [0.3, 0.4) is 0 Å². The summed E-state index contributed by atoms with van der Waals surface area (Å²) in [6.45, 7) is 0. The van der Waals surface area contributed by atoms with Crippen molar-refractivity contribution in [2.24, 2.45) is 5.14 Å². The lowest BCUT2D eigenvalue weighted by atomic mass is 10.2. The second kappa shape index (κ2) is 3.91. The van der Waals surface area contributed by atoms with Crippen LogP contribution in [-0.4, -0.2) is 8.42 Å². The summed E-state index contributed by atoms with van der Waals surface area (Å²) in [7, 11) is -3.67. The summed E-state index contributed by atoms with van der Waals surface area (Å²) in [4.78, 5) is 0. The highest BCUT2D eigenvalue weighted by molar-refractivity contribution is 7.92. The van der Waals surface area contributed by atoms with Crippen molar-refractivity contribution in [3.05, 3.63) is 41.3 Å². The number of nitrogens with two attached hydrogens (primary N) is 1. The summed E-state index contributed by atoms with van der Waals surface area (Å²) < 4.78 is 21.3. The maximum absolute atomic E-state index is 10.6. The predicted molar refractivity (Wildman–Crippen MR) is 53.4 cm³/mol. The largest absolute Gasteiger partial charge is 0.232 e. The van der Waals surface area contributed by atoms with Gasteiger partial charge in [-0.1, -0.05) is 41.9 Å². The van der Waals surface area contributed by atoms with Crippen LogP contribution in [0.15, 0.2) is 35.7 Å². The van der Waals surface area contributed by atoms with E-state index in [1.807, 2.05) is 6.07 Å². The van der Waals surface area contributed by atoms with E-state index >= 15 is 0 Å². The highest BCUT2D eigenvalue weighted by Gasteiger charge is 2.02. The number of sulfonamides is 1. The Labute approximate surface area is 81.9 Å². The molecule has 70 valence electrons. The molecule has 0 atom stereocenters. The Morgan fingerprint density at radius 1 is 1.31 bits per heavy atom. The first kappa shape index (κ1) is 10.2. The Morgan fingerprint density at radius 2 is 1.85 bits per heavy atom. The molecule has 0 aliphatic carbocycles. The highest BCUT2D eigenvalue weighted by Crippen LogP contribution is 2.18. The van der Waals surface area contributed by atoms with Crippen LogP contribution in [0.1, 0.15) is 5.56 Å². The van der Waals surface area contributed by atoms with Crippen molar-refractivity contribution < 1.29 is 8.42 Å². The summed E-state index contributed by atoms with van der Waals surface area (Å²) in [6, 6.07) is 8.72. The third-order valence-corrected chi connectivity index (χ3v) is 2.34. The van der Waals surface area contributed by atoms with Gasteiger partial charge in [-0.05, 0) is 5.56 Å². The van der Waals surface area contributed by atoms with Gasteiger partial charge < -0.3 is 0 Å². The van der Waals surface area contributed by atoms with Gasteiger partial charge in [-0.25, -0.2) is 13.6 Å². The van der Waals surface area contributed by atoms with Crippen LogP contribution in [0.2, 0.25) is 0 Å². The van der Waals surface area contributed by atoms with Crippen molar-refractivity contribution in [2.45, 2.75) is 0 Å². The Morgan fingerprint density at radius 3 is 2.31 bits per heavy atom. The molecule has 0 radical (unpaired) electrons. The topological polar surface area (TPSA) is 60.2 Å². The van der Waals surface area contributed by atoms with Gasteiger partial charge in [0, 0.05) is 0 Å². The molecule has 13 heavy (non-hydrogen) atoms. The van der Waals surface area contributed by atoms with Gasteiger partial charge in [0.25, 0.3) is 0 Å². The Kier molecular flexibility index (Phi) is 3.08. The van der Waals surface area contributed by atoms with E-state index < -0.39 is 10.0 Å². The molecule has 3 nitrogen and oxygen atoms in total. The quantitative estimate of drug-likeness (QED) is 0.817. The van der Waals surface area contributed by atoms with Gasteiger partial charge >= 0.3 is 0 Å². The van der Waals surface area contributed by atoms with Gasteiger partial charge in [0.1, 0.15) is 0 Å². The zero-order valence-electron chi connectivity index (χ0n) is 6.64. The van der Waals surface area contributed by atoms with E-state index in [0.717, 1.165) is 5.41 Å². The van der Waals surface area contributed by atoms with E-state index in [1.54, 1.807) is 24.3 Å². The molecule has 0 unspecified atom stereocenters. The SMILES string of the molecule is NS(=O)(=O)C=C(Cl)c1ccccc1. The van der Waals surface area contributed by atoms with Crippen molar-refractivity contribution in [3.8, 4) is 0 Å². The molecule has 0 spiro atoms. The molecule has 0 bridgehead atoms. The average Bonchev–Trinajstić information content (AvgIpc) is 2.03. The zero-order chi connectivity index (χ0) is 9.90. The maximum atomic E-state index is 10.6. The van der Waals surface area contributed by atoms with Crippen molar-refractivity contribution >= 4 is 26.7 Å². The Hall–Kier alpha value is -0.840. The van der Waals surface area contributed by atoms with Gasteiger partial charge in [0.15, 0.2) is 0 Å². The second-order valence-electron chi connectivity index (χ2n) is 2.42. The van der Waals surface area contributed by atoms with Crippen LogP contribution in [-0.2, 0) is 10.0 Å². The summed E-state index contributed by atoms with van der Waals surface area (Å²) >= 11 is 5.69. The Bertz CT molecular complexity index is 411. The molecular weight excluding hydrogens is 210 g/mol. The highest BCUT2D eigenvalue weighted by atomic mass is 35.5. The maximum Gasteiger partial charge on any atom is 0.232 e. The van der Waals surface area contributed by atoms with E-state index in [-0.39, 0.29) is 5.03 Å². The first-order valence-corrected chi connectivity index (χ1v) is 5.43. The summed E-state index contributed by atoms with van der Waals surface area (Å²) in [6.07, 6.45) is 0. The average molecular weight is 218 g/mol. The minimum absolute atomic E-state index is 0.114. The Balaban J connectivity index is 3.06. The van der Waals surface area contributed by atoms with E-state index in [4.69, 9.17) is 16.7 Å². The van der Waals surface area contributed by atoms with E-state index in [9.17, 15) is 8.42 Å². The molecule has 0 aliphatic rings. The van der Waals surface area contributed by atoms with E-state index in [0.29, 0.717) is 5.56 Å². The van der Waals surface area contributed by atoms with Crippen LogP contribution in [0.25, 0.3) is 5.03 Å². The fourth-order valence-electron chi connectivity index (χ4n) is 0.810. The predicted octanol–water partition coefficient (Wildman–Crippen LogP) is 1.51. The normalized spacial score (nSPS) is 12.9. The van der Waals surface area contributed by atoms with Crippen LogP contribution >= 0.6 is 11.6 Å². The first-order valence-electron chi connectivity index (χ1n) is 3.44. The molecule has 0 saturated heterocycles. The third kappa shape index (κ3) is 3.59. The van der Waals surface area contributed by atoms with Crippen molar-refractivity contribution in [1.29, 1.82) is 0 Å². The minimum atomic E-state index is -3.67. The zero-order valence-corrected chi connectivity index (χ0v) is 8.22.